The van der Waals surface area contributed by atoms with Crippen molar-refractivity contribution in [2.75, 3.05) is 30.4 Å². The lowest BCUT2D eigenvalue weighted by Crippen LogP contribution is -2.30. The molecule has 1 heterocycles. The first-order chi connectivity index (χ1) is 11.7. The van der Waals surface area contributed by atoms with E-state index in [9.17, 15) is 9.59 Å². The second-order valence-electron chi connectivity index (χ2n) is 5.64. The summed E-state index contributed by atoms with van der Waals surface area (Å²) in [4.78, 5) is 26.0. The summed E-state index contributed by atoms with van der Waals surface area (Å²) in [6.07, 6.45) is 1.27. The van der Waals surface area contributed by atoms with Crippen molar-refractivity contribution in [3.05, 3.63) is 59.7 Å². The molecule has 5 nitrogen and oxygen atoms in total. The van der Waals surface area contributed by atoms with E-state index in [1.54, 1.807) is 12.1 Å². The number of benzene rings is 2. The maximum Gasteiger partial charge on any atom is 0.339 e. The van der Waals surface area contributed by atoms with Crippen LogP contribution in [-0.2, 0) is 16.0 Å². The molecule has 0 aliphatic carbocycles. The van der Waals surface area contributed by atoms with E-state index in [0.717, 1.165) is 18.7 Å². The van der Waals surface area contributed by atoms with Crippen LogP contribution in [0.2, 0.25) is 0 Å². The van der Waals surface area contributed by atoms with Crippen molar-refractivity contribution in [2.24, 2.45) is 0 Å². The molecular formula is C19H20N2O3. The van der Waals surface area contributed by atoms with Crippen molar-refractivity contribution in [1.82, 2.24) is 0 Å². The van der Waals surface area contributed by atoms with Gasteiger partial charge in [-0.2, -0.15) is 0 Å². The molecular weight excluding hydrogens is 304 g/mol. The summed E-state index contributed by atoms with van der Waals surface area (Å²) >= 11 is 0. The predicted molar refractivity (Wildman–Crippen MR) is 93.4 cm³/mol. The van der Waals surface area contributed by atoms with Crippen molar-refractivity contribution < 1.29 is 14.3 Å². The second kappa shape index (κ2) is 7.17. The monoisotopic (exact) mass is 324 g/mol. The van der Waals surface area contributed by atoms with Crippen LogP contribution in [0.15, 0.2) is 48.5 Å². The Morgan fingerprint density at radius 1 is 1.12 bits per heavy atom. The number of esters is 1. The Bertz CT molecular complexity index is 758. The number of amides is 1. The summed E-state index contributed by atoms with van der Waals surface area (Å²) in [5, 5.41) is 3.16. The van der Waals surface area contributed by atoms with Crippen LogP contribution in [0.5, 0.6) is 0 Å². The highest BCUT2D eigenvalue weighted by molar-refractivity contribution is 5.97. The number of para-hydroxylation sites is 2. The molecule has 0 saturated heterocycles. The summed E-state index contributed by atoms with van der Waals surface area (Å²) in [7, 11) is 1.35. The minimum atomic E-state index is -0.391. The third-order valence-corrected chi connectivity index (χ3v) is 4.17. The molecule has 0 radical (unpaired) electrons. The number of methoxy groups -OCH3 is 1. The number of nitrogens with one attached hydrogen (secondary N) is 1. The molecule has 24 heavy (non-hydrogen) atoms. The first kappa shape index (κ1) is 16.1. The quantitative estimate of drug-likeness (QED) is 0.859. The molecule has 2 aromatic rings. The highest BCUT2D eigenvalue weighted by Crippen LogP contribution is 2.27. The lowest BCUT2D eigenvalue weighted by atomic mass is 10.1. The molecule has 0 spiro atoms. The van der Waals surface area contributed by atoms with Gasteiger partial charge >= 0.3 is 5.97 Å². The molecule has 0 unspecified atom stereocenters. The average molecular weight is 324 g/mol. The molecule has 5 heteroatoms. The van der Waals surface area contributed by atoms with Gasteiger partial charge in [-0.05, 0) is 30.2 Å². The Balaban J connectivity index is 1.60. The molecule has 0 saturated carbocycles. The highest BCUT2D eigenvalue weighted by Gasteiger charge is 2.23. The third-order valence-electron chi connectivity index (χ3n) is 4.17. The molecule has 0 bridgehead atoms. The normalized spacial score (nSPS) is 12.6. The van der Waals surface area contributed by atoms with E-state index in [-0.39, 0.29) is 5.91 Å². The molecule has 1 amide bonds. The van der Waals surface area contributed by atoms with Gasteiger partial charge in [0.25, 0.3) is 0 Å². The van der Waals surface area contributed by atoms with Gasteiger partial charge in [0, 0.05) is 30.9 Å². The first-order valence-electron chi connectivity index (χ1n) is 8.00. The van der Waals surface area contributed by atoms with Crippen LogP contribution >= 0.6 is 0 Å². The van der Waals surface area contributed by atoms with E-state index < -0.39 is 5.97 Å². The predicted octanol–water partition coefficient (Wildman–Crippen LogP) is 2.86. The zero-order valence-corrected chi connectivity index (χ0v) is 13.6. The van der Waals surface area contributed by atoms with Gasteiger partial charge in [-0.15, -0.1) is 0 Å². The topological polar surface area (TPSA) is 58.6 Å². The minimum Gasteiger partial charge on any atom is -0.465 e. The second-order valence-corrected chi connectivity index (χ2v) is 5.64. The van der Waals surface area contributed by atoms with Gasteiger partial charge in [-0.25, -0.2) is 4.79 Å². The maximum absolute atomic E-state index is 12.5. The van der Waals surface area contributed by atoms with Crippen molar-refractivity contribution >= 4 is 23.3 Å². The van der Waals surface area contributed by atoms with Gasteiger partial charge in [0.15, 0.2) is 0 Å². The summed E-state index contributed by atoms with van der Waals surface area (Å²) in [5.41, 5.74) is 3.38. The number of hydrogen-bond acceptors (Lipinski definition) is 4. The molecule has 3 rings (SSSR count). The van der Waals surface area contributed by atoms with Crippen molar-refractivity contribution in [3.8, 4) is 0 Å². The smallest absolute Gasteiger partial charge is 0.339 e. The molecule has 0 atom stereocenters. The van der Waals surface area contributed by atoms with Crippen LogP contribution in [-0.4, -0.2) is 32.1 Å². The Hall–Kier alpha value is -2.82. The fraction of sp³-hybridized carbons (Fsp3) is 0.263. The number of fused-ring (bicyclic) bond motifs is 1. The lowest BCUT2D eigenvalue weighted by molar-refractivity contribution is -0.118. The number of carbonyl (C=O) groups is 2. The molecule has 1 N–H and O–H groups in total. The van der Waals surface area contributed by atoms with Crippen LogP contribution in [0.4, 0.5) is 11.4 Å². The fourth-order valence-electron chi connectivity index (χ4n) is 2.96. The summed E-state index contributed by atoms with van der Waals surface area (Å²) in [6.45, 7) is 1.20. The van der Waals surface area contributed by atoms with Crippen molar-refractivity contribution in [1.29, 1.82) is 0 Å². The first-order valence-corrected chi connectivity index (χ1v) is 8.00. The van der Waals surface area contributed by atoms with Crippen molar-refractivity contribution in [2.45, 2.75) is 12.8 Å². The largest absolute Gasteiger partial charge is 0.465 e. The van der Waals surface area contributed by atoms with Crippen LogP contribution in [0.3, 0.4) is 0 Å². The van der Waals surface area contributed by atoms with E-state index in [0.29, 0.717) is 24.2 Å². The average Bonchev–Trinajstić information content (AvgIpc) is 3.05. The zero-order chi connectivity index (χ0) is 16.9. The summed E-state index contributed by atoms with van der Waals surface area (Å²) in [6, 6.07) is 15.1. The molecule has 2 aromatic carbocycles. The number of rotatable bonds is 5. The Labute approximate surface area is 141 Å². The van der Waals surface area contributed by atoms with E-state index in [4.69, 9.17) is 4.74 Å². The van der Waals surface area contributed by atoms with Gasteiger partial charge in [0.05, 0.1) is 12.7 Å². The van der Waals surface area contributed by atoms with Crippen LogP contribution in [0, 0.1) is 0 Å². The maximum atomic E-state index is 12.5. The van der Waals surface area contributed by atoms with E-state index in [2.05, 4.69) is 11.4 Å². The van der Waals surface area contributed by atoms with Crippen LogP contribution in [0.1, 0.15) is 22.3 Å². The fourth-order valence-corrected chi connectivity index (χ4v) is 2.96. The molecule has 0 aromatic heterocycles. The van der Waals surface area contributed by atoms with E-state index in [1.165, 1.54) is 12.7 Å². The number of ether oxygens (including phenoxy) is 1. The highest BCUT2D eigenvalue weighted by atomic mass is 16.5. The minimum absolute atomic E-state index is 0.0861. The molecule has 124 valence electrons. The van der Waals surface area contributed by atoms with Gasteiger partial charge in [-0.3, -0.25) is 4.79 Å². The number of carbonyl (C=O) groups excluding carboxylic acids is 2. The van der Waals surface area contributed by atoms with Crippen LogP contribution < -0.4 is 10.2 Å². The van der Waals surface area contributed by atoms with Crippen molar-refractivity contribution in [3.63, 3.8) is 0 Å². The molecule has 1 aliphatic rings. The SMILES string of the molecule is COC(=O)c1ccccc1NCCC(=O)N1CCc2ccccc21. The van der Waals surface area contributed by atoms with E-state index in [1.807, 2.05) is 35.2 Å². The standard InChI is InChI=1S/C19H20N2O3/c1-24-19(23)15-7-3-4-8-16(15)20-12-10-18(22)21-13-11-14-6-2-5-9-17(14)21/h2-9,20H,10-13H2,1H3. The van der Waals surface area contributed by atoms with Gasteiger partial charge in [0.2, 0.25) is 5.91 Å². The number of anilines is 2. The third kappa shape index (κ3) is 3.25. The van der Waals surface area contributed by atoms with Gasteiger partial charge < -0.3 is 15.0 Å². The molecule has 1 aliphatic heterocycles. The summed E-state index contributed by atoms with van der Waals surface area (Å²) in [5.74, 6) is -0.305. The van der Waals surface area contributed by atoms with Gasteiger partial charge in [-0.1, -0.05) is 30.3 Å². The lowest BCUT2D eigenvalue weighted by Gasteiger charge is -2.18. The van der Waals surface area contributed by atoms with Gasteiger partial charge in [0.1, 0.15) is 0 Å². The Kier molecular flexibility index (Phi) is 4.79. The Morgan fingerprint density at radius 2 is 1.88 bits per heavy atom. The molecule has 0 fully saturated rings. The number of hydrogen-bond donors (Lipinski definition) is 1. The zero-order valence-electron chi connectivity index (χ0n) is 13.6. The van der Waals surface area contributed by atoms with E-state index >= 15 is 0 Å². The Morgan fingerprint density at radius 3 is 2.71 bits per heavy atom. The summed E-state index contributed by atoms with van der Waals surface area (Å²) < 4.78 is 4.77. The van der Waals surface area contributed by atoms with Crippen LogP contribution in [0.25, 0.3) is 0 Å². The number of nitrogens with zero attached hydrogens (tertiary/aromatic N) is 1.